The number of hydrogen-bond acceptors (Lipinski definition) is 6. The highest BCUT2D eigenvalue weighted by Crippen LogP contribution is 2.21. The number of halogens is 2. The van der Waals surface area contributed by atoms with Crippen molar-refractivity contribution in [1.29, 1.82) is 0 Å². The Hall–Kier alpha value is -1.34. The van der Waals surface area contributed by atoms with E-state index in [0.29, 0.717) is 21.8 Å². The summed E-state index contributed by atoms with van der Waals surface area (Å²) in [6.45, 7) is 2.16. The lowest BCUT2D eigenvalue weighted by molar-refractivity contribution is 0.0582. The van der Waals surface area contributed by atoms with Crippen molar-refractivity contribution in [2.75, 3.05) is 6.26 Å². The number of nitrogens with zero attached hydrogens (tertiary/aromatic N) is 3. The van der Waals surface area contributed by atoms with Gasteiger partial charge >= 0.3 is 0 Å². The van der Waals surface area contributed by atoms with E-state index < -0.39 is 0 Å². The van der Waals surface area contributed by atoms with Gasteiger partial charge in [-0.05, 0) is 37.0 Å². The predicted molar refractivity (Wildman–Crippen MR) is 89.8 cm³/mol. The Kier molecular flexibility index (Phi) is 6.45. The summed E-state index contributed by atoms with van der Waals surface area (Å²) in [5, 5.41) is 9.77. The van der Waals surface area contributed by atoms with Crippen LogP contribution in [0, 0.1) is 6.92 Å². The summed E-state index contributed by atoms with van der Waals surface area (Å²) in [6.07, 6.45) is 5.31. The standard InChI is InChI=1S/C14H14Cl2N4OS/c1-9-13(18-14(22-2)20-19-9)5-6-17-21-8-10-3-4-11(15)7-12(10)16/h3-7,17H,8H2,1-2H3. The average molecular weight is 357 g/mol. The molecule has 0 spiro atoms. The molecule has 1 aromatic carbocycles. The molecular formula is C14H14Cl2N4OS. The quantitative estimate of drug-likeness (QED) is 0.481. The fourth-order valence-electron chi connectivity index (χ4n) is 1.54. The number of thioether (sulfide) groups is 1. The molecule has 0 fully saturated rings. The molecule has 0 aliphatic heterocycles. The van der Waals surface area contributed by atoms with E-state index in [1.54, 1.807) is 24.4 Å². The van der Waals surface area contributed by atoms with Gasteiger partial charge in [-0.1, -0.05) is 41.0 Å². The number of rotatable bonds is 6. The molecule has 1 N–H and O–H groups in total. The second-order valence-electron chi connectivity index (χ2n) is 4.24. The maximum Gasteiger partial charge on any atom is 0.209 e. The highest BCUT2D eigenvalue weighted by molar-refractivity contribution is 7.98. The SMILES string of the molecule is CSc1nnc(C)c(C=CNOCc2ccc(Cl)cc2Cl)n1. The molecule has 2 aromatic rings. The minimum absolute atomic E-state index is 0.317. The molecule has 0 amide bonds. The van der Waals surface area contributed by atoms with E-state index in [2.05, 4.69) is 20.7 Å². The van der Waals surface area contributed by atoms with Gasteiger partial charge in [0.25, 0.3) is 0 Å². The summed E-state index contributed by atoms with van der Waals surface area (Å²) in [4.78, 5) is 9.67. The first-order valence-corrected chi connectivity index (χ1v) is 8.31. The molecule has 116 valence electrons. The monoisotopic (exact) mass is 356 g/mol. The highest BCUT2D eigenvalue weighted by atomic mass is 35.5. The predicted octanol–water partition coefficient (Wildman–Crippen LogP) is 3.90. The zero-order valence-electron chi connectivity index (χ0n) is 12.0. The highest BCUT2D eigenvalue weighted by Gasteiger charge is 2.02. The van der Waals surface area contributed by atoms with Gasteiger partial charge in [-0.3, -0.25) is 10.3 Å². The first-order chi connectivity index (χ1) is 10.6. The van der Waals surface area contributed by atoms with Crippen LogP contribution in [0.15, 0.2) is 29.6 Å². The molecule has 0 bridgehead atoms. The first-order valence-electron chi connectivity index (χ1n) is 6.33. The Labute approximate surface area is 143 Å². The topological polar surface area (TPSA) is 59.9 Å². The van der Waals surface area contributed by atoms with Gasteiger partial charge in [-0.15, -0.1) is 5.10 Å². The van der Waals surface area contributed by atoms with Crippen molar-refractivity contribution in [2.45, 2.75) is 18.7 Å². The summed E-state index contributed by atoms with van der Waals surface area (Å²) < 4.78 is 0. The third-order valence-electron chi connectivity index (χ3n) is 2.69. The Morgan fingerprint density at radius 3 is 2.86 bits per heavy atom. The van der Waals surface area contributed by atoms with Gasteiger partial charge in [0.1, 0.15) is 6.61 Å². The van der Waals surface area contributed by atoms with Gasteiger partial charge in [-0.25, -0.2) is 4.98 Å². The van der Waals surface area contributed by atoms with Gasteiger partial charge in [0, 0.05) is 16.2 Å². The van der Waals surface area contributed by atoms with Crippen molar-refractivity contribution in [3.05, 3.63) is 51.4 Å². The molecule has 0 saturated heterocycles. The molecule has 0 radical (unpaired) electrons. The second-order valence-corrected chi connectivity index (χ2v) is 5.86. The lowest BCUT2D eigenvalue weighted by Gasteiger charge is -2.05. The van der Waals surface area contributed by atoms with Gasteiger partial charge in [0.2, 0.25) is 5.16 Å². The lowest BCUT2D eigenvalue weighted by Crippen LogP contribution is -2.07. The summed E-state index contributed by atoms with van der Waals surface area (Å²) in [5.74, 6) is 0. The largest absolute Gasteiger partial charge is 0.274 e. The van der Waals surface area contributed by atoms with E-state index in [9.17, 15) is 0 Å². The lowest BCUT2D eigenvalue weighted by atomic mass is 10.2. The van der Waals surface area contributed by atoms with E-state index in [-0.39, 0.29) is 0 Å². The van der Waals surface area contributed by atoms with Crippen LogP contribution >= 0.6 is 35.0 Å². The molecule has 0 unspecified atom stereocenters. The molecule has 1 aromatic heterocycles. The van der Waals surface area contributed by atoms with Crippen LogP contribution in [-0.2, 0) is 11.4 Å². The fourth-order valence-corrected chi connectivity index (χ4v) is 2.31. The Bertz CT molecular complexity index is 682. The van der Waals surface area contributed by atoms with Crippen LogP contribution in [0.2, 0.25) is 10.0 Å². The number of hydrogen-bond donors (Lipinski definition) is 1. The average Bonchev–Trinajstić information content (AvgIpc) is 2.50. The minimum Gasteiger partial charge on any atom is -0.274 e. The van der Waals surface area contributed by atoms with Crippen LogP contribution in [-0.4, -0.2) is 21.4 Å². The Morgan fingerprint density at radius 1 is 1.32 bits per heavy atom. The molecular weight excluding hydrogens is 343 g/mol. The van der Waals surface area contributed by atoms with Crippen molar-refractivity contribution >= 4 is 41.0 Å². The number of benzene rings is 1. The van der Waals surface area contributed by atoms with Crippen molar-refractivity contribution in [3.8, 4) is 0 Å². The first kappa shape index (κ1) is 17.0. The normalized spacial score (nSPS) is 11.1. The van der Waals surface area contributed by atoms with Crippen molar-refractivity contribution in [3.63, 3.8) is 0 Å². The maximum atomic E-state index is 6.05. The number of aryl methyl sites for hydroxylation is 1. The van der Waals surface area contributed by atoms with E-state index in [4.69, 9.17) is 28.0 Å². The zero-order chi connectivity index (χ0) is 15.9. The number of aromatic nitrogens is 3. The Balaban J connectivity index is 1.88. The molecule has 5 nitrogen and oxygen atoms in total. The van der Waals surface area contributed by atoms with Crippen LogP contribution < -0.4 is 5.48 Å². The van der Waals surface area contributed by atoms with Crippen LogP contribution in [0.5, 0.6) is 0 Å². The molecule has 0 aliphatic carbocycles. The van der Waals surface area contributed by atoms with E-state index in [1.807, 2.05) is 19.2 Å². The summed E-state index contributed by atoms with van der Waals surface area (Å²) in [5.41, 5.74) is 5.05. The van der Waals surface area contributed by atoms with Crippen LogP contribution in [0.1, 0.15) is 17.0 Å². The number of nitrogens with one attached hydrogen (secondary N) is 1. The van der Waals surface area contributed by atoms with E-state index in [0.717, 1.165) is 17.0 Å². The van der Waals surface area contributed by atoms with Crippen LogP contribution in [0.3, 0.4) is 0 Å². The van der Waals surface area contributed by atoms with Gasteiger partial charge < -0.3 is 0 Å². The van der Waals surface area contributed by atoms with Gasteiger partial charge in [-0.2, -0.15) is 5.10 Å². The third-order valence-corrected chi connectivity index (χ3v) is 3.82. The maximum absolute atomic E-state index is 6.05. The molecule has 22 heavy (non-hydrogen) atoms. The van der Waals surface area contributed by atoms with Gasteiger partial charge in [0.15, 0.2) is 0 Å². The molecule has 0 saturated carbocycles. The molecule has 0 atom stereocenters. The van der Waals surface area contributed by atoms with Crippen molar-refractivity contribution in [1.82, 2.24) is 20.7 Å². The second kappa shape index (κ2) is 8.33. The minimum atomic E-state index is 0.317. The van der Waals surface area contributed by atoms with Crippen molar-refractivity contribution < 1.29 is 4.84 Å². The van der Waals surface area contributed by atoms with E-state index in [1.165, 1.54) is 11.8 Å². The molecule has 1 heterocycles. The molecule has 2 rings (SSSR count). The molecule has 0 aliphatic rings. The summed E-state index contributed by atoms with van der Waals surface area (Å²) in [7, 11) is 0. The summed E-state index contributed by atoms with van der Waals surface area (Å²) in [6, 6.07) is 5.26. The van der Waals surface area contributed by atoms with Crippen LogP contribution in [0.25, 0.3) is 6.08 Å². The van der Waals surface area contributed by atoms with Gasteiger partial charge in [0.05, 0.1) is 11.4 Å². The number of hydroxylamine groups is 1. The molecule has 8 heteroatoms. The van der Waals surface area contributed by atoms with Crippen LogP contribution in [0.4, 0.5) is 0 Å². The fraction of sp³-hybridized carbons (Fsp3) is 0.214. The third kappa shape index (κ3) is 4.84. The van der Waals surface area contributed by atoms with Crippen molar-refractivity contribution in [2.24, 2.45) is 0 Å². The Morgan fingerprint density at radius 2 is 2.14 bits per heavy atom. The summed E-state index contributed by atoms with van der Waals surface area (Å²) >= 11 is 13.3. The van der Waals surface area contributed by atoms with E-state index >= 15 is 0 Å². The zero-order valence-corrected chi connectivity index (χ0v) is 14.3. The smallest absolute Gasteiger partial charge is 0.209 e.